The maximum absolute atomic E-state index is 12.4. The van der Waals surface area contributed by atoms with E-state index in [1.807, 2.05) is 12.1 Å². The van der Waals surface area contributed by atoms with Crippen LogP contribution in [-0.4, -0.2) is 10.9 Å². The van der Waals surface area contributed by atoms with Gasteiger partial charge in [-0.05, 0) is 62.2 Å². The van der Waals surface area contributed by atoms with Crippen molar-refractivity contribution < 1.29 is 4.79 Å². The number of carbonyl (C=O) groups is 1. The third-order valence-corrected chi connectivity index (χ3v) is 5.29. The number of pyridine rings is 1. The molecule has 1 aromatic carbocycles. The summed E-state index contributed by atoms with van der Waals surface area (Å²) in [5.41, 5.74) is 8.45. The molecule has 0 unspecified atom stereocenters. The summed E-state index contributed by atoms with van der Waals surface area (Å²) in [6.07, 6.45) is 1.68. The minimum absolute atomic E-state index is 0.182. The second-order valence-corrected chi connectivity index (χ2v) is 8.04. The van der Waals surface area contributed by atoms with Crippen LogP contribution < -0.4 is 11.1 Å². The number of thiophene rings is 1. The predicted octanol–water partition coefficient (Wildman–Crippen LogP) is 4.66. The normalized spacial score (nSPS) is 10.8. The van der Waals surface area contributed by atoms with Gasteiger partial charge in [0.15, 0.2) is 0 Å². The fourth-order valence-corrected chi connectivity index (χ4v) is 4.78. The molecule has 0 spiro atoms. The highest BCUT2D eigenvalue weighted by atomic mass is 79.9. The smallest absolute Gasteiger partial charge is 0.257 e. The average molecular weight is 427 g/mol. The van der Waals surface area contributed by atoms with Gasteiger partial charge in [0, 0.05) is 11.6 Å². The molecule has 0 saturated carbocycles. The Kier molecular flexibility index (Phi) is 3.97. The van der Waals surface area contributed by atoms with Crippen LogP contribution in [0.5, 0.6) is 0 Å². The van der Waals surface area contributed by atoms with Gasteiger partial charge < -0.3 is 11.1 Å². The van der Waals surface area contributed by atoms with Crippen molar-refractivity contribution in [3.63, 3.8) is 0 Å². The molecule has 0 radical (unpaired) electrons. The molecule has 4 nitrogen and oxygen atoms in total. The molecule has 0 atom stereocenters. The molecule has 0 fully saturated rings. The second kappa shape index (κ2) is 5.75. The lowest BCUT2D eigenvalue weighted by Crippen LogP contribution is -2.12. The average Bonchev–Trinajstić information content (AvgIpc) is 2.81. The molecule has 3 aromatic rings. The maximum Gasteiger partial charge on any atom is 0.257 e. The Morgan fingerprint density at radius 2 is 2.10 bits per heavy atom. The van der Waals surface area contributed by atoms with Gasteiger partial charge in [-0.15, -0.1) is 11.3 Å². The quantitative estimate of drug-likeness (QED) is 0.585. The number of nitrogens with one attached hydrogen (secondary N) is 1. The van der Waals surface area contributed by atoms with Gasteiger partial charge in [0.25, 0.3) is 5.91 Å². The van der Waals surface area contributed by atoms with Crippen LogP contribution in [0.15, 0.2) is 44.1 Å². The molecular weight excluding hydrogens is 418 g/mol. The Balaban J connectivity index is 2.01. The van der Waals surface area contributed by atoms with Crippen molar-refractivity contribution in [2.75, 3.05) is 11.1 Å². The van der Waals surface area contributed by atoms with Crippen molar-refractivity contribution in [1.82, 2.24) is 4.98 Å². The van der Waals surface area contributed by atoms with E-state index >= 15 is 0 Å². The van der Waals surface area contributed by atoms with Crippen LogP contribution in [0, 0.1) is 0 Å². The molecule has 2 aromatic heterocycles. The number of rotatable bonds is 2. The zero-order valence-corrected chi connectivity index (χ0v) is 14.5. The number of nitrogen functional groups attached to an aromatic ring is 1. The van der Waals surface area contributed by atoms with Gasteiger partial charge >= 0.3 is 0 Å². The van der Waals surface area contributed by atoms with E-state index in [0.29, 0.717) is 22.5 Å². The summed E-state index contributed by atoms with van der Waals surface area (Å²) < 4.78 is 1.67. The van der Waals surface area contributed by atoms with Crippen LogP contribution in [0.2, 0.25) is 0 Å². The number of halogens is 2. The van der Waals surface area contributed by atoms with Crippen LogP contribution in [0.4, 0.5) is 11.4 Å². The first-order valence-corrected chi connectivity index (χ1v) is 8.36. The van der Waals surface area contributed by atoms with E-state index in [9.17, 15) is 4.79 Å². The van der Waals surface area contributed by atoms with Gasteiger partial charge in [-0.3, -0.25) is 9.78 Å². The van der Waals surface area contributed by atoms with E-state index in [-0.39, 0.29) is 5.91 Å². The lowest BCUT2D eigenvalue weighted by Gasteiger charge is -2.09. The third-order valence-electron chi connectivity index (χ3n) is 2.95. The lowest BCUT2D eigenvalue weighted by atomic mass is 10.1. The van der Waals surface area contributed by atoms with E-state index in [4.69, 9.17) is 5.73 Å². The number of nitrogens with two attached hydrogens (primary N) is 1. The highest BCUT2D eigenvalue weighted by molar-refractivity contribution is 9.12. The van der Waals surface area contributed by atoms with Gasteiger partial charge in [-0.1, -0.05) is 0 Å². The van der Waals surface area contributed by atoms with Crippen molar-refractivity contribution in [2.45, 2.75) is 0 Å². The van der Waals surface area contributed by atoms with E-state index in [1.165, 1.54) is 11.3 Å². The predicted molar refractivity (Wildman–Crippen MR) is 93.8 cm³/mol. The van der Waals surface area contributed by atoms with Crippen molar-refractivity contribution >= 4 is 71.4 Å². The Hall–Kier alpha value is -1.44. The Bertz CT molecular complexity index is 847. The minimum atomic E-state index is -0.182. The molecule has 0 bridgehead atoms. The molecule has 3 rings (SSSR count). The van der Waals surface area contributed by atoms with Gasteiger partial charge in [-0.25, -0.2) is 0 Å². The zero-order valence-electron chi connectivity index (χ0n) is 10.6. The number of fused-ring (bicyclic) bond motifs is 1. The fourth-order valence-electron chi connectivity index (χ4n) is 1.99. The maximum atomic E-state index is 12.4. The van der Waals surface area contributed by atoms with Crippen molar-refractivity contribution in [3.8, 4) is 0 Å². The number of amides is 1. The van der Waals surface area contributed by atoms with E-state index in [2.05, 4.69) is 42.2 Å². The minimum Gasteiger partial charge on any atom is -0.397 e. The van der Waals surface area contributed by atoms with Crippen LogP contribution in [-0.2, 0) is 0 Å². The Morgan fingerprint density at radius 1 is 1.29 bits per heavy atom. The van der Waals surface area contributed by atoms with Crippen LogP contribution in [0.1, 0.15) is 10.4 Å². The van der Waals surface area contributed by atoms with E-state index in [0.717, 1.165) is 13.0 Å². The third kappa shape index (κ3) is 2.81. The highest BCUT2D eigenvalue weighted by Crippen LogP contribution is 2.33. The summed E-state index contributed by atoms with van der Waals surface area (Å²) in [5, 5.41) is 3.72. The van der Waals surface area contributed by atoms with Crippen LogP contribution in [0.25, 0.3) is 10.9 Å². The largest absolute Gasteiger partial charge is 0.397 e. The number of hydrogen-bond donors (Lipinski definition) is 2. The monoisotopic (exact) mass is 425 g/mol. The fraction of sp³-hybridized carbons (Fsp3) is 0. The second-order valence-electron chi connectivity index (χ2n) is 4.29. The number of anilines is 2. The molecule has 0 aliphatic heterocycles. The highest BCUT2D eigenvalue weighted by Gasteiger charge is 2.15. The Morgan fingerprint density at radius 3 is 2.81 bits per heavy atom. The van der Waals surface area contributed by atoms with Gasteiger partial charge in [-0.2, -0.15) is 0 Å². The summed E-state index contributed by atoms with van der Waals surface area (Å²) in [6.45, 7) is 0. The van der Waals surface area contributed by atoms with E-state index in [1.54, 1.807) is 24.4 Å². The molecule has 21 heavy (non-hydrogen) atoms. The van der Waals surface area contributed by atoms with E-state index < -0.39 is 0 Å². The topological polar surface area (TPSA) is 68.0 Å². The van der Waals surface area contributed by atoms with Crippen molar-refractivity contribution in [2.24, 2.45) is 0 Å². The zero-order chi connectivity index (χ0) is 15.0. The molecule has 7 heteroatoms. The molecule has 0 aliphatic carbocycles. The lowest BCUT2D eigenvalue weighted by molar-refractivity contribution is 0.102. The SMILES string of the molecule is Nc1ccc(NC(=O)c2cc(Br)sc2Br)c2cccnc12. The Labute approximate surface area is 141 Å². The summed E-state index contributed by atoms with van der Waals surface area (Å²) in [5.74, 6) is -0.182. The number of carbonyl (C=O) groups excluding carboxylic acids is 1. The van der Waals surface area contributed by atoms with Gasteiger partial charge in [0.05, 0.1) is 30.0 Å². The summed E-state index contributed by atoms with van der Waals surface area (Å²) in [4.78, 5) is 16.6. The first-order chi connectivity index (χ1) is 10.1. The summed E-state index contributed by atoms with van der Waals surface area (Å²) in [7, 11) is 0. The van der Waals surface area contributed by atoms with Gasteiger partial charge in [0.2, 0.25) is 0 Å². The molecule has 0 saturated heterocycles. The van der Waals surface area contributed by atoms with Crippen molar-refractivity contribution in [1.29, 1.82) is 0 Å². The van der Waals surface area contributed by atoms with Crippen molar-refractivity contribution in [3.05, 3.63) is 49.7 Å². The molecule has 1 amide bonds. The molecule has 106 valence electrons. The molecule has 0 aliphatic rings. The molecule has 2 heterocycles. The summed E-state index contributed by atoms with van der Waals surface area (Å²) >= 11 is 8.21. The van der Waals surface area contributed by atoms with Crippen LogP contribution >= 0.6 is 43.2 Å². The first-order valence-electron chi connectivity index (χ1n) is 5.95. The number of hydrogen-bond acceptors (Lipinski definition) is 4. The standard InChI is InChI=1S/C14H9Br2N3OS/c15-11-6-8(13(16)21-11)14(20)19-10-4-3-9(17)12-7(10)2-1-5-18-12/h1-6H,17H2,(H,19,20). The number of nitrogens with zero attached hydrogens (tertiary/aromatic N) is 1. The van der Waals surface area contributed by atoms with Gasteiger partial charge in [0.1, 0.15) is 0 Å². The number of benzene rings is 1. The first kappa shape index (κ1) is 14.5. The molecule has 3 N–H and O–H groups in total. The number of aromatic nitrogens is 1. The molecular formula is C14H9Br2N3OS. The summed E-state index contributed by atoms with van der Waals surface area (Å²) in [6, 6.07) is 9.00. The van der Waals surface area contributed by atoms with Crippen LogP contribution in [0.3, 0.4) is 0 Å².